The minimum Gasteiger partial charge on any atom is -0.328 e. The summed E-state index contributed by atoms with van der Waals surface area (Å²) in [6.07, 6.45) is 2.76. The zero-order valence-corrected chi connectivity index (χ0v) is 12.6. The second-order valence-electron chi connectivity index (χ2n) is 5.28. The van der Waals surface area contributed by atoms with Crippen LogP contribution in [0.4, 0.5) is 5.69 Å². The van der Waals surface area contributed by atoms with Crippen LogP contribution in [0.2, 0.25) is 5.02 Å². The maximum atomic E-state index is 12.0. The molecule has 0 aromatic heterocycles. The van der Waals surface area contributed by atoms with Gasteiger partial charge in [-0.25, -0.2) is 0 Å². The molecule has 3 N–H and O–H groups in total. The fourth-order valence-corrected chi connectivity index (χ4v) is 2.14. The molecule has 0 aliphatic carbocycles. The normalized spacial score (nSPS) is 13.9. The number of nitrogens with one attached hydrogen (secondary N) is 1. The van der Waals surface area contributed by atoms with Crippen molar-refractivity contribution in [2.45, 2.75) is 46.1 Å². The molecule has 1 rings (SSSR count). The van der Waals surface area contributed by atoms with E-state index in [-0.39, 0.29) is 17.9 Å². The highest BCUT2D eigenvalue weighted by molar-refractivity contribution is 6.33. The van der Waals surface area contributed by atoms with E-state index >= 15 is 0 Å². The van der Waals surface area contributed by atoms with Gasteiger partial charge in [0.1, 0.15) is 0 Å². The van der Waals surface area contributed by atoms with E-state index in [2.05, 4.69) is 5.32 Å². The third-order valence-corrected chi connectivity index (χ3v) is 3.44. The summed E-state index contributed by atoms with van der Waals surface area (Å²) in [6.45, 7) is 5.88. The van der Waals surface area contributed by atoms with Gasteiger partial charge >= 0.3 is 0 Å². The number of amides is 1. The Kier molecular flexibility index (Phi) is 6.32. The predicted molar refractivity (Wildman–Crippen MR) is 81.5 cm³/mol. The van der Waals surface area contributed by atoms with Gasteiger partial charge in [0, 0.05) is 12.0 Å². The highest BCUT2D eigenvalue weighted by Crippen LogP contribution is 2.23. The van der Waals surface area contributed by atoms with Crippen LogP contribution in [0.5, 0.6) is 0 Å². The van der Waals surface area contributed by atoms with Crippen LogP contribution in [-0.2, 0) is 4.79 Å². The van der Waals surface area contributed by atoms with Crippen LogP contribution in [0.15, 0.2) is 18.2 Å². The molecule has 106 valence electrons. The molecule has 0 saturated carbocycles. The van der Waals surface area contributed by atoms with E-state index in [1.165, 1.54) is 0 Å². The van der Waals surface area contributed by atoms with E-state index in [4.69, 9.17) is 17.3 Å². The standard InChI is InChI=1S/C15H23ClN2O/c1-10-7-8-14(13(16)9-10)18-15(19)11(2)5-4-6-12(3)17/h7-9,11-12H,4-6,17H2,1-3H3,(H,18,19). The van der Waals surface area contributed by atoms with Crippen molar-refractivity contribution in [3.8, 4) is 0 Å². The van der Waals surface area contributed by atoms with Crippen LogP contribution < -0.4 is 11.1 Å². The lowest BCUT2D eigenvalue weighted by atomic mass is 10.0. The molecule has 0 aliphatic rings. The first-order valence-corrected chi connectivity index (χ1v) is 7.10. The summed E-state index contributed by atoms with van der Waals surface area (Å²) in [5, 5.41) is 3.45. The second kappa shape index (κ2) is 7.51. The lowest BCUT2D eigenvalue weighted by Crippen LogP contribution is -2.21. The van der Waals surface area contributed by atoms with Crippen molar-refractivity contribution in [1.82, 2.24) is 0 Å². The number of halogens is 1. The molecular formula is C15H23ClN2O. The van der Waals surface area contributed by atoms with Crippen LogP contribution in [0.25, 0.3) is 0 Å². The summed E-state index contributed by atoms with van der Waals surface area (Å²) in [5.41, 5.74) is 7.45. The first-order valence-electron chi connectivity index (χ1n) is 6.72. The van der Waals surface area contributed by atoms with Gasteiger partial charge in [-0.05, 0) is 44.4 Å². The minimum atomic E-state index is -0.0314. The van der Waals surface area contributed by atoms with E-state index in [0.717, 1.165) is 24.8 Å². The fourth-order valence-electron chi connectivity index (χ4n) is 1.85. The Hall–Kier alpha value is -1.06. The van der Waals surface area contributed by atoms with Crippen molar-refractivity contribution >= 4 is 23.2 Å². The molecule has 4 heteroatoms. The van der Waals surface area contributed by atoms with Gasteiger partial charge in [-0.3, -0.25) is 4.79 Å². The quantitative estimate of drug-likeness (QED) is 0.835. The topological polar surface area (TPSA) is 55.1 Å². The van der Waals surface area contributed by atoms with Crippen LogP contribution in [0.1, 0.15) is 38.7 Å². The average molecular weight is 283 g/mol. The predicted octanol–water partition coefficient (Wildman–Crippen LogP) is 3.74. The Morgan fingerprint density at radius 3 is 2.63 bits per heavy atom. The molecule has 2 atom stereocenters. The van der Waals surface area contributed by atoms with Gasteiger partial charge in [-0.15, -0.1) is 0 Å². The monoisotopic (exact) mass is 282 g/mol. The van der Waals surface area contributed by atoms with Crippen molar-refractivity contribution in [3.05, 3.63) is 28.8 Å². The molecular weight excluding hydrogens is 260 g/mol. The molecule has 0 radical (unpaired) electrons. The molecule has 0 spiro atoms. The van der Waals surface area contributed by atoms with E-state index in [0.29, 0.717) is 10.7 Å². The van der Waals surface area contributed by atoms with Gasteiger partial charge in [-0.2, -0.15) is 0 Å². The summed E-state index contributed by atoms with van der Waals surface area (Å²) in [4.78, 5) is 12.0. The Bertz CT molecular complexity index is 432. The lowest BCUT2D eigenvalue weighted by Gasteiger charge is -2.14. The lowest BCUT2D eigenvalue weighted by molar-refractivity contribution is -0.119. The first-order chi connectivity index (χ1) is 8.90. The van der Waals surface area contributed by atoms with Crippen molar-refractivity contribution in [3.63, 3.8) is 0 Å². The summed E-state index contributed by atoms with van der Waals surface area (Å²) in [6, 6.07) is 5.81. The largest absolute Gasteiger partial charge is 0.328 e. The van der Waals surface area contributed by atoms with Gasteiger partial charge in [0.2, 0.25) is 5.91 Å². The maximum absolute atomic E-state index is 12.0. The van der Waals surface area contributed by atoms with Gasteiger partial charge in [0.15, 0.2) is 0 Å². The van der Waals surface area contributed by atoms with E-state index < -0.39 is 0 Å². The molecule has 1 aromatic rings. The molecule has 0 bridgehead atoms. The molecule has 0 fully saturated rings. The Balaban J connectivity index is 2.49. The molecule has 1 aromatic carbocycles. The van der Waals surface area contributed by atoms with E-state index in [1.807, 2.05) is 39.0 Å². The minimum absolute atomic E-state index is 0.00966. The number of carbonyl (C=O) groups is 1. The molecule has 3 nitrogen and oxygen atoms in total. The summed E-state index contributed by atoms with van der Waals surface area (Å²) in [5.74, 6) is -0.0217. The molecule has 0 heterocycles. The van der Waals surface area contributed by atoms with Gasteiger partial charge < -0.3 is 11.1 Å². The third kappa shape index (κ3) is 5.62. The highest BCUT2D eigenvalue weighted by atomic mass is 35.5. The first kappa shape index (κ1) is 16.0. The number of hydrogen-bond donors (Lipinski definition) is 2. The summed E-state index contributed by atoms with van der Waals surface area (Å²) < 4.78 is 0. The number of nitrogens with two attached hydrogens (primary N) is 1. The summed E-state index contributed by atoms with van der Waals surface area (Å²) >= 11 is 6.09. The van der Waals surface area contributed by atoms with E-state index in [9.17, 15) is 4.79 Å². The van der Waals surface area contributed by atoms with Crippen LogP contribution >= 0.6 is 11.6 Å². The third-order valence-electron chi connectivity index (χ3n) is 3.13. The number of benzene rings is 1. The molecule has 2 unspecified atom stereocenters. The maximum Gasteiger partial charge on any atom is 0.227 e. The van der Waals surface area contributed by atoms with Crippen LogP contribution in [0.3, 0.4) is 0 Å². The van der Waals surface area contributed by atoms with Crippen LogP contribution in [0, 0.1) is 12.8 Å². The smallest absolute Gasteiger partial charge is 0.227 e. The molecule has 0 aliphatic heterocycles. The van der Waals surface area contributed by atoms with Gasteiger partial charge in [0.05, 0.1) is 10.7 Å². The Morgan fingerprint density at radius 1 is 1.37 bits per heavy atom. The van der Waals surface area contributed by atoms with Crippen molar-refractivity contribution in [2.75, 3.05) is 5.32 Å². The summed E-state index contributed by atoms with van der Waals surface area (Å²) in [7, 11) is 0. The Morgan fingerprint density at radius 2 is 2.05 bits per heavy atom. The SMILES string of the molecule is Cc1ccc(NC(=O)C(C)CCCC(C)N)c(Cl)c1. The number of hydrogen-bond acceptors (Lipinski definition) is 2. The average Bonchev–Trinajstić information content (AvgIpc) is 2.32. The zero-order valence-electron chi connectivity index (χ0n) is 11.9. The second-order valence-corrected chi connectivity index (χ2v) is 5.69. The van der Waals surface area contributed by atoms with Gasteiger partial charge in [0.25, 0.3) is 0 Å². The number of aryl methyl sites for hydroxylation is 1. The van der Waals surface area contributed by atoms with E-state index in [1.54, 1.807) is 0 Å². The fraction of sp³-hybridized carbons (Fsp3) is 0.533. The number of anilines is 1. The molecule has 19 heavy (non-hydrogen) atoms. The van der Waals surface area contributed by atoms with Crippen LogP contribution in [-0.4, -0.2) is 11.9 Å². The Labute approximate surface area is 120 Å². The number of carbonyl (C=O) groups excluding carboxylic acids is 1. The molecule has 0 saturated heterocycles. The molecule has 1 amide bonds. The highest BCUT2D eigenvalue weighted by Gasteiger charge is 2.14. The number of rotatable bonds is 6. The van der Waals surface area contributed by atoms with Crippen molar-refractivity contribution in [1.29, 1.82) is 0 Å². The van der Waals surface area contributed by atoms with Crippen molar-refractivity contribution < 1.29 is 4.79 Å². The van der Waals surface area contributed by atoms with Crippen molar-refractivity contribution in [2.24, 2.45) is 11.7 Å². The zero-order chi connectivity index (χ0) is 14.4. The van der Waals surface area contributed by atoms with Gasteiger partial charge in [-0.1, -0.05) is 31.0 Å².